The first-order chi connectivity index (χ1) is 16.1. The second-order valence-corrected chi connectivity index (χ2v) is 9.19. The van der Waals surface area contributed by atoms with Crippen molar-refractivity contribution in [2.45, 2.75) is 37.8 Å². The first kappa shape index (κ1) is 21.4. The molecule has 1 N–H and O–H groups in total. The molecule has 0 bridgehead atoms. The summed E-state index contributed by atoms with van der Waals surface area (Å²) in [6.07, 6.45) is 4.08. The van der Waals surface area contributed by atoms with Gasteiger partial charge in [-0.2, -0.15) is 0 Å². The average Bonchev–Trinajstić information content (AvgIpc) is 2.82. The number of pyridine rings is 1. The summed E-state index contributed by atoms with van der Waals surface area (Å²) in [6.45, 7) is 1.98. The number of anilines is 1. The molecule has 0 saturated heterocycles. The fraction of sp³-hybridized carbons (Fsp3) is 0.231. The SMILES string of the molecule is Cc1cccc(NC(=O)CSc2nc3nc4c(cc3c(=O)n2-c2ccccc2)CCCC4)c1. The summed E-state index contributed by atoms with van der Waals surface area (Å²) in [5, 5.41) is 3.90. The summed E-state index contributed by atoms with van der Waals surface area (Å²) in [5.41, 5.74) is 5.01. The summed E-state index contributed by atoms with van der Waals surface area (Å²) in [7, 11) is 0. The zero-order valence-corrected chi connectivity index (χ0v) is 19.2. The quantitative estimate of drug-likeness (QED) is 0.348. The molecular weight excluding hydrogens is 432 g/mol. The van der Waals surface area contributed by atoms with E-state index in [9.17, 15) is 9.59 Å². The lowest BCUT2D eigenvalue weighted by Gasteiger charge is -2.17. The molecule has 0 aliphatic heterocycles. The van der Waals surface area contributed by atoms with Gasteiger partial charge in [-0.3, -0.25) is 14.2 Å². The van der Waals surface area contributed by atoms with Crippen LogP contribution in [0.4, 0.5) is 5.69 Å². The van der Waals surface area contributed by atoms with E-state index >= 15 is 0 Å². The van der Waals surface area contributed by atoms with Crippen molar-refractivity contribution in [2.75, 3.05) is 11.1 Å². The molecule has 0 unspecified atom stereocenters. The molecule has 2 heterocycles. The molecule has 5 rings (SSSR count). The predicted molar refractivity (Wildman–Crippen MR) is 132 cm³/mol. The Balaban J connectivity index is 1.52. The van der Waals surface area contributed by atoms with Gasteiger partial charge in [0.15, 0.2) is 10.8 Å². The van der Waals surface area contributed by atoms with E-state index in [2.05, 4.69) is 5.32 Å². The Morgan fingerprint density at radius 1 is 1.03 bits per heavy atom. The molecule has 0 atom stereocenters. The molecular formula is C26H24N4O2S. The maximum Gasteiger partial charge on any atom is 0.268 e. The number of carbonyl (C=O) groups excluding carboxylic acids is 1. The largest absolute Gasteiger partial charge is 0.325 e. The molecule has 2 aromatic heterocycles. The summed E-state index contributed by atoms with van der Waals surface area (Å²) >= 11 is 1.24. The van der Waals surface area contributed by atoms with E-state index in [1.807, 2.05) is 67.6 Å². The fourth-order valence-electron chi connectivity index (χ4n) is 4.16. The van der Waals surface area contributed by atoms with Crippen LogP contribution in [0.1, 0.15) is 29.7 Å². The minimum Gasteiger partial charge on any atom is -0.325 e. The molecule has 1 aliphatic rings. The van der Waals surface area contributed by atoms with Crippen molar-refractivity contribution >= 4 is 34.4 Å². The van der Waals surface area contributed by atoms with Crippen LogP contribution in [0.3, 0.4) is 0 Å². The Bertz CT molecular complexity index is 1400. The highest BCUT2D eigenvalue weighted by Gasteiger charge is 2.19. The van der Waals surface area contributed by atoms with Crippen LogP contribution < -0.4 is 10.9 Å². The third-order valence-corrected chi connectivity index (χ3v) is 6.69. The van der Waals surface area contributed by atoms with E-state index in [0.29, 0.717) is 16.2 Å². The Morgan fingerprint density at radius 2 is 1.85 bits per heavy atom. The van der Waals surface area contributed by atoms with Crippen LogP contribution >= 0.6 is 11.8 Å². The summed E-state index contributed by atoms with van der Waals surface area (Å²) in [5.74, 6) is -0.0260. The van der Waals surface area contributed by atoms with Gasteiger partial charge in [-0.15, -0.1) is 0 Å². The van der Waals surface area contributed by atoms with Crippen molar-refractivity contribution in [3.8, 4) is 5.69 Å². The van der Waals surface area contributed by atoms with E-state index in [0.717, 1.165) is 53.9 Å². The number of aryl methyl sites for hydroxylation is 3. The van der Waals surface area contributed by atoms with Gasteiger partial charge >= 0.3 is 0 Å². The van der Waals surface area contributed by atoms with Crippen LogP contribution in [-0.4, -0.2) is 26.2 Å². The van der Waals surface area contributed by atoms with Crippen molar-refractivity contribution in [3.05, 3.63) is 87.8 Å². The van der Waals surface area contributed by atoms with Crippen molar-refractivity contribution in [2.24, 2.45) is 0 Å². The standard InChI is InChI=1S/C26H24N4O2S/c1-17-8-7-10-19(14-17)27-23(31)16-33-26-29-24-21(15-18-9-5-6-13-22(18)28-24)25(32)30(26)20-11-3-2-4-12-20/h2-4,7-8,10-12,14-15H,5-6,9,13,16H2,1H3,(H,27,31). The van der Waals surface area contributed by atoms with Crippen LogP contribution in [0.2, 0.25) is 0 Å². The lowest BCUT2D eigenvalue weighted by Crippen LogP contribution is -2.24. The summed E-state index contributed by atoms with van der Waals surface area (Å²) in [6, 6.07) is 19.0. The number of nitrogens with one attached hydrogen (secondary N) is 1. The number of benzene rings is 2. The number of nitrogens with zero attached hydrogens (tertiary/aromatic N) is 3. The summed E-state index contributed by atoms with van der Waals surface area (Å²) < 4.78 is 1.59. The highest BCUT2D eigenvalue weighted by molar-refractivity contribution is 7.99. The van der Waals surface area contributed by atoms with Crippen LogP contribution in [0.15, 0.2) is 70.6 Å². The Morgan fingerprint density at radius 3 is 2.67 bits per heavy atom. The van der Waals surface area contributed by atoms with Gasteiger partial charge in [0.2, 0.25) is 5.91 Å². The topological polar surface area (TPSA) is 76.9 Å². The van der Waals surface area contributed by atoms with Gasteiger partial charge < -0.3 is 5.32 Å². The van der Waals surface area contributed by atoms with Gasteiger partial charge in [0.25, 0.3) is 5.56 Å². The molecule has 0 fully saturated rings. The number of hydrogen-bond acceptors (Lipinski definition) is 5. The van der Waals surface area contributed by atoms with Crippen LogP contribution in [0.25, 0.3) is 16.7 Å². The average molecular weight is 457 g/mol. The van der Waals surface area contributed by atoms with E-state index < -0.39 is 0 Å². The lowest BCUT2D eigenvalue weighted by atomic mass is 9.95. The number of thioether (sulfide) groups is 1. The minimum atomic E-state index is -0.159. The van der Waals surface area contributed by atoms with E-state index in [1.54, 1.807) is 4.57 Å². The molecule has 2 aromatic carbocycles. The van der Waals surface area contributed by atoms with E-state index in [4.69, 9.17) is 9.97 Å². The van der Waals surface area contributed by atoms with Crippen LogP contribution in [0.5, 0.6) is 0 Å². The van der Waals surface area contributed by atoms with E-state index in [1.165, 1.54) is 11.8 Å². The first-order valence-electron chi connectivity index (χ1n) is 11.1. The van der Waals surface area contributed by atoms with Crippen molar-refractivity contribution < 1.29 is 4.79 Å². The number of fused-ring (bicyclic) bond motifs is 2. The molecule has 7 heteroatoms. The highest BCUT2D eigenvalue weighted by atomic mass is 32.2. The number of aromatic nitrogens is 3. The second kappa shape index (κ2) is 9.19. The second-order valence-electron chi connectivity index (χ2n) is 8.25. The molecule has 0 saturated carbocycles. The van der Waals surface area contributed by atoms with Gasteiger partial charge in [-0.25, -0.2) is 9.97 Å². The van der Waals surface area contributed by atoms with Gasteiger partial charge in [-0.05, 0) is 74.1 Å². The van der Waals surface area contributed by atoms with Gasteiger partial charge in [0.05, 0.1) is 16.8 Å². The molecule has 1 amide bonds. The van der Waals surface area contributed by atoms with E-state index in [-0.39, 0.29) is 17.2 Å². The molecule has 1 aliphatic carbocycles. The van der Waals surface area contributed by atoms with Crippen molar-refractivity contribution in [3.63, 3.8) is 0 Å². The Hall–Kier alpha value is -3.45. The Kier molecular flexibility index (Phi) is 5.96. The smallest absolute Gasteiger partial charge is 0.268 e. The summed E-state index contributed by atoms with van der Waals surface area (Å²) in [4.78, 5) is 35.7. The third kappa shape index (κ3) is 4.54. The lowest BCUT2D eigenvalue weighted by molar-refractivity contribution is -0.113. The normalized spacial score (nSPS) is 13.0. The van der Waals surface area contributed by atoms with Crippen LogP contribution in [-0.2, 0) is 17.6 Å². The van der Waals surface area contributed by atoms with Gasteiger partial charge in [0, 0.05) is 11.4 Å². The third-order valence-electron chi connectivity index (χ3n) is 5.76. The van der Waals surface area contributed by atoms with Gasteiger partial charge in [-0.1, -0.05) is 42.1 Å². The molecule has 0 radical (unpaired) electrons. The van der Waals surface area contributed by atoms with Crippen LogP contribution in [0, 0.1) is 6.92 Å². The number of para-hydroxylation sites is 1. The maximum absolute atomic E-state index is 13.6. The minimum absolute atomic E-state index is 0.129. The highest BCUT2D eigenvalue weighted by Crippen LogP contribution is 2.25. The number of amides is 1. The maximum atomic E-state index is 13.6. The zero-order chi connectivity index (χ0) is 22.8. The van der Waals surface area contributed by atoms with Crippen molar-refractivity contribution in [1.82, 2.24) is 14.5 Å². The first-order valence-corrected chi connectivity index (χ1v) is 12.1. The molecule has 4 aromatic rings. The fourth-order valence-corrected chi connectivity index (χ4v) is 4.97. The molecule has 0 spiro atoms. The van der Waals surface area contributed by atoms with Crippen molar-refractivity contribution in [1.29, 1.82) is 0 Å². The molecule has 6 nitrogen and oxygen atoms in total. The number of rotatable bonds is 5. The Labute approximate surface area is 196 Å². The molecule has 166 valence electrons. The zero-order valence-electron chi connectivity index (χ0n) is 18.4. The number of carbonyl (C=O) groups is 1. The van der Waals surface area contributed by atoms with Gasteiger partial charge in [0.1, 0.15) is 0 Å². The number of hydrogen-bond donors (Lipinski definition) is 1. The predicted octanol–water partition coefficient (Wildman–Crippen LogP) is 4.70. The molecule has 33 heavy (non-hydrogen) atoms. The monoisotopic (exact) mass is 456 g/mol.